The van der Waals surface area contributed by atoms with Gasteiger partial charge in [0.05, 0.1) is 46.2 Å². The number of hydrogen-bond donors (Lipinski definition) is 14. The van der Waals surface area contributed by atoms with Gasteiger partial charge in [-0.1, -0.05) is 6.42 Å². The molecular weight excluding hydrogens is 1550 g/mol. The Morgan fingerprint density at radius 1 is 0.358 bits per heavy atom. The van der Waals surface area contributed by atoms with Crippen molar-refractivity contribution in [1.29, 1.82) is 0 Å². The lowest BCUT2D eigenvalue weighted by atomic mass is 10.1. The molecule has 0 bridgehead atoms. The van der Waals surface area contributed by atoms with E-state index in [4.69, 9.17) is 57.9 Å². The van der Waals surface area contributed by atoms with Gasteiger partial charge in [-0.25, -0.2) is 38.4 Å². The molecule has 0 aromatic carbocycles. The monoisotopic (exact) mass is 1640 g/mol. The van der Waals surface area contributed by atoms with Crippen LogP contribution in [-0.4, -0.2) is 266 Å². The van der Waals surface area contributed by atoms with Crippen LogP contribution in [0.1, 0.15) is 122 Å². The van der Waals surface area contributed by atoms with Crippen LogP contribution in [0, 0.1) is 60.7 Å². The van der Waals surface area contributed by atoms with Gasteiger partial charge in [0.2, 0.25) is 11.8 Å². The topological polar surface area (TPSA) is 803 Å². The lowest BCUT2D eigenvalue weighted by molar-refractivity contribution is -0.790. The molecule has 0 radical (unpaired) electrons. The van der Waals surface area contributed by atoms with Crippen molar-refractivity contribution in [3.05, 3.63) is 60.7 Å². The number of carboxylic acid groups (broad SMARTS) is 5. The third-order valence-electron chi connectivity index (χ3n) is 12.2. The number of hydrogen-bond acceptors (Lipinski definition) is 36. The maximum absolute atomic E-state index is 11.7. The van der Waals surface area contributed by atoms with Crippen LogP contribution in [-0.2, 0) is 76.8 Å². The van der Waals surface area contributed by atoms with Crippen molar-refractivity contribution in [1.82, 2.24) is 26.6 Å². The smallest absolute Gasteiger partial charge is 0.407 e. The quantitative estimate of drug-likeness (QED) is 0.00971. The number of ether oxygens (including phenoxy) is 3. The maximum atomic E-state index is 11.7. The molecule has 0 rings (SSSR count). The fourth-order valence-electron chi connectivity index (χ4n) is 7.10. The van der Waals surface area contributed by atoms with Crippen LogP contribution < -0.4 is 49.5 Å². The molecule has 0 aliphatic carbocycles. The van der Waals surface area contributed by atoms with E-state index in [1.54, 1.807) is 0 Å². The highest BCUT2D eigenvalue weighted by Gasteiger charge is 2.25. The summed E-state index contributed by atoms with van der Waals surface area (Å²) in [5.41, 5.74) is 20.5. The van der Waals surface area contributed by atoms with E-state index < -0.39 is 127 Å². The number of nitrogens with one attached hydrogen (secondary N) is 5. The Bertz CT molecular complexity index is 2770. The number of rotatable bonds is 60. The highest BCUT2D eigenvalue weighted by Crippen LogP contribution is 2.10. The van der Waals surface area contributed by atoms with Crippen LogP contribution in [0.2, 0.25) is 0 Å². The van der Waals surface area contributed by atoms with Gasteiger partial charge in [0.1, 0.15) is 42.9 Å². The van der Waals surface area contributed by atoms with Gasteiger partial charge in [0, 0.05) is 32.4 Å². The molecule has 6 unspecified atom stereocenters. The van der Waals surface area contributed by atoms with Crippen molar-refractivity contribution in [2.24, 2.45) is 32.9 Å². The van der Waals surface area contributed by atoms with Crippen LogP contribution in [0.5, 0.6) is 0 Å². The molecule has 0 heterocycles. The average molecular weight is 1640 g/mol. The molecule has 0 spiro atoms. The van der Waals surface area contributed by atoms with Gasteiger partial charge in [-0.3, -0.25) is 19.6 Å². The molecule has 53 nitrogen and oxygen atoms in total. The van der Waals surface area contributed by atoms with E-state index >= 15 is 0 Å². The normalized spacial score (nSPS) is 11.6. The molecule has 56 heteroatoms. The first kappa shape index (κ1) is 107. The van der Waals surface area contributed by atoms with Crippen LogP contribution in [0.4, 0.5) is 14.4 Å². The van der Waals surface area contributed by atoms with Gasteiger partial charge in [-0.2, -0.15) is 35.3 Å². The molecule has 0 aromatic heterocycles. The maximum Gasteiger partial charge on any atom is 0.407 e. The molecule has 0 fully saturated rings. The summed E-state index contributed by atoms with van der Waals surface area (Å²) < 4.78 is 14.3. The summed E-state index contributed by atoms with van der Waals surface area (Å²) in [6.45, 7) is -0.626. The lowest BCUT2D eigenvalue weighted by Crippen LogP contribution is -2.41. The van der Waals surface area contributed by atoms with Crippen molar-refractivity contribution in [2.45, 2.75) is 158 Å². The van der Waals surface area contributed by atoms with E-state index in [1.807, 2.05) is 18.8 Å². The molecule has 0 aliphatic rings. The standard InChI is InChI=1S/C12H23N5O6.C12H21N3O10S.C10H19N5O6.C10H18N2O7S.C9H16N2O7S/c13-12(14)15-7-4-5-9(11(19)20)16-10(18)6-2-1-3-8-23-17(21)22;1-26-7-5-10(11(16)17)13-12(18)23-6-3-2-4-9(25-15(21)22)8-24-14(19)20;11-10(12)13-5-1-3-7(9(17)18)14-8(16)4-2-6-21-15(19)20;1-20-7-4-8(9(13)14)11-10(15)18-5-2-3-6-19-12(16)17;1-19-6-3-7(8(12)13)10-9(14)17-4-2-5-18-11(15)16/h9H,1-8H2,(H,16,18)(H,19,20)(H4,13,14,15);9-10H,2-8H2,1H3,(H,13,18)(H,16,17);7H,1-6H2,(H,14,16)(H,17,18)(H4,11,12,13);8H,2-7H2,1H3,(H,11,15)(H,13,14);7H,2-6H2,1H3,(H,10,14)(H,12,13). The summed E-state index contributed by atoms with van der Waals surface area (Å²) in [6, 6.07) is -5.08. The third kappa shape index (κ3) is 79.3. The van der Waals surface area contributed by atoms with E-state index in [1.165, 1.54) is 35.3 Å². The second kappa shape index (κ2) is 71.2. The van der Waals surface area contributed by atoms with E-state index in [0.717, 1.165) is 0 Å². The Morgan fingerprint density at radius 2 is 0.651 bits per heavy atom. The first-order chi connectivity index (χ1) is 51.3. The van der Waals surface area contributed by atoms with Crippen molar-refractivity contribution in [3.63, 3.8) is 0 Å². The largest absolute Gasteiger partial charge is 0.480 e. The summed E-state index contributed by atoms with van der Waals surface area (Å²) in [6.07, 6.45) is 7.15. The zero-order valence-electron chi connectivity index (χ0n) is 59.6. The number of carbonyl (C=O) groups is 10. The van der Waals surface area contributed by atoms with E-state index in [-0.39, 0.29) is 128 Å². The van der Waals surface area contributed by atoms with E-state index in [2.05, 4.69) is 70.3 Å². The number of nitrogens with two attached hydrogens (primary N) is 4. The molecule has 628 valence electrons. The van der Waals surface area contributed by atoms with Crippen molar-refractivity contribution < 1.29 is 147 Å². The van der Waals surface area contributed by atoms with E-state index in [0.29, 0.717) is 88.0 Å². The van der Waals surface area contributed by atoms with Crippen molar-refractivity contribution in [3.8, 4) is 0 Å². The Balaban J connectivity index is -0.000000415. The molecule has 0 aliphatic heterocycles. The highest BCUT2D eigenvalue weighted by molar-refractivity contribution is 7.99. The van der Waals surface area contributed by atoms with E-state index in [9.17, 15) is 109 Å². The predicted octanol–water partition coefficient (Wildman–Crippen LogP) is 0.275. The fourth-order valence-corrected chi connectivity index (χ4v) is 8.52. The molecular formula is C53H97N17O36S3. The Labute approximate surface area is 632 Å². The first-order valence-corrected chi connectivity index (χ1v) is 36.3. The van der Waals surface area contributed by atoms with Gasteiger partial charge >= 0.3 is 48.1 Å². The number of unbranched alkanes of at least 4 members (excludes halogenated alkanes) is 4. The highest BCUT2D eigenvalue weighted by atomic mass is 32.2. The minimum Gasteiger partial charge on any atom is -0.480 e. The van der Waals surface area contributed by atoms with Crippen molar-refractivity contribution in [2.75, 3.05) is 102 Å². The Morgan fingerprint density at radius 3 is 0.972 bits per heavy atom. The predicted molar refractivity (Wildman–Crippen MR) is 378 cm³/mol. The third-order valence-corrected chi connectivity index (χ3v) is 14.1. The average Bonchev–Trinajstić information content (AvgIpc) is 0.979. The minimum absolute atomic E-state index is 0.0167. The summed E-state index contributed by atoms with van der Waals surface area (Å²) in [4.78, 5) is 204. The zero-order chi connectivity index (χ0) is 83.9. The van der Waals surface area contributed by atoms with Gasteiger partial charge in [-0.05, 0) is 132 Å². The van der Waals surface area contributed by atoms with Gasteiger partial charge in [0.25, 0.3) is 30.5 Å². The summed E-state index contributed by atoms with van der Waals surface area (Å²) in [5, 5.41) is 110. The van der Waals surface area contributed by atoms with Gasteiger partial charge < -0.3 is 118 Å². The summed E-state index contributed by atoms with van der Waals surface area (Å²) in [5.74, 6) is -5.01. The van der Waals surface area contributed by atoms with Crippen molar-refractivity contribution >= 4 is 107 Å². The number of thioether (sulfide) groups is 3. The number of aliphatic carboxylic acids is 5. The molecule has 6 atom stereocenters. The van der Waals surface area contributed by atoms with Gasteiger partial charge in [0.15, 0.2) is 11.9 Å². The zero-order valence-corrected chi connectivity index (χ0v) is 62.0. The number of carboxylic acids is 5. The first-order valence-electron chi connectivity index (χ1n) is 32.1. The molecule has 109 heavy (non-hydrogen) atoms. The number of nitrogens with zero attached hydrogens (tertiary/aromatic N) is 8. The second-order valence-corrected chi connectivity index (χ2v) is 23.8. The molecule has 18 N–H and O–H groups in total. The summed E-state index contributed by atoms with van der Waals surface area (Å²) >= 11 is 4.39. The number of carbonyl (C=O) groups excluding carboxylic acids is 5. The molecule has 0 aromatic rings. The van der Waals surface area contributed by atoms with Crippen LogP contribution in [0.3, 0.4) is 0 Å². The Hall–Kier alpha value is -11.1. The summed E-state index contributed by atoms with van der Waals surface area (Å²) in [7, 11) is 0. The minimum atomic E-state index is -1.17. The molecule has 0 saturated carbocycles. The number of alkyl carbamates (subject to hydrolysis) is 3. The number of guanidine groups is 2. The molecule has 5 amide bonds. The van der Waals surface area contributed by atoms with Gasteiger partial charge in [-0.15, -0.1) is 60.7 Å². The molecule has 0 saturated heterocycles. The van der Waals surface area contributed by atoms with Crippen LogP contribution in [0.15, 0.2) is 9.98 Å². The van der Waals surface area contributed by atoms with Crippen LogP contribution >= 0.6 is 35.3 Å². The lowest BCUT2D eigenvalue weighted by Gasteiger charge is -2.15. The number of aliphatic imine (C=N–C) groups is 2. The fraction of sp³-hybridized carbons (Fsp3) is 0.774. The SMILES string of the molecule is CSCCC(NC(=O)OCCCCC(CO[N+](=O)[O-])O[N+](=O)[O-])C(=O)O.CSCCC(NC(=O)OCCCCO[N+](=O)[O-])C(=O)O.CSCCC(NC(=O)OCCCO[N+](=O)[O-])C(=O)O.NC(N)=NCCCC(NC(=O)CCCCCO[N+](=O)[O-])C(=O)O.NC(N)=NCCCC(NC(=O)CCCO[N+](=O)[O-])C(=O)O. The number of amides is 5. The van der Waals surface area contributed by atoms with Crippen LogP contribution in [0.25, 0.3) is 0 Å². The Kier molecular flexibility index (Phi) is 69.5. The second-order valence-electron chi connectivity index (χ2n) is 20.8.